The lowest BCUT2D eigenvalue weighted by Gasteiger charge is -2.29. The Bertz CT molecular complexity index is 1230. The average molecular weight is 406 g/mol. The Kier molecular flexibility index (Phi) is 4.40. The number of aromatic nitrogens is 2. The minimum atomic E-state index is -0.283. The number of nitrogens with one attached hydrogen (secondary N) is 1. The Morgan fingerprint density at radius 3 is 2.83 bits per heavy atom. The van der Waals surface area contributed by atoms with Crippen LogP contribution >= 0.6 is 11.6 Å². The Morgan fingerprint density at radius 1 is 1.21 bits per heavy atom. The average Bonchev–Trinajstić information content (AvgIpc) is 3.12. The molecule has 29 heavy (non-hydrogen) atoms. The molecule has 1 N–H and O–H groups in total. The third-order valence-corrected chi connectivity index (χ3v) is 5.76. The minimum Gasteiger partial charge on any atom is -0.462 e. The molecular weight excluding hydrogens is 386 g/mol. The van der Waals surface area contributed by atoms with E-state index in [2.05, 4.69) is 14.9 Å². The van der Waals surface area contributed by atoms with Crippen molar-refractivity contribution in [3.8, 4) is 0 Å². The van der Waals surface area contributed by atoms with Gasteiger partial charge in [0.2, 0.25) is 0 Å². The van der Waals surface area contributed by atoms with Crippen LogP contribution in [-0.4, -0.2) is 29.1 Å². The van der Waals surface area contributed by atoms with E-state index in [1.165, 1.54) is 11.3 Å². The SMILES string of the molecule is CCOC(=O)c1ccc(N2CCc3[nH]c4c(cnc5cc(Cl)ccc54)c3C2)cc1. The van der Waals surface area contributed by atoms with Crippen molar-refractivity contribution < 1.29 is 9.53 Å². The fourth-order valence-electron chi connectivity index (χ4n) is 4.07. The lowest BCUT2D eigenvalue weighted by atomic mass is 10.0. The molecule has 0 saturated carbocycles. The molecule has 0 radical (unpaired) electrons. The van der Waals surface area contributed by atoms with E-state index in [0.717, 1.165) is 47.0 Å². The number of benzene rings is 2. The summed E-state index contributed by atoms with van der Waals surface area (Å²) in [5, 5.41) is 2.94. The van der Waals surface area contributed by atoms with Crippen molar-refractivity contribution in [2.75, 3.05) is 18.1 Å². The van der Waals surface area contributed by atoms with E-state index in [9.17, 15) is 4.79 Å². The number of anilines is 1. The maximum Gasteiger partial charge on any atom is 0.338 e. The maximum absolute atomic E-state index is 11.9. The summed E-state index contributed by atoms with van der Waals surface area (Å²) in [5.41, 5.74) is 6.24. The number of rotatable bonds is 3. The number of esters is 1. The first-order valence-electron chi connectivity index (χ1n) is 9.74. The largest absolute Gasteiger partial charge is 0.462 e. The zero-order valence-electron chi connectivity index (χ0n) is 16.0. The monoisotopic (exact) mass is 405 g/mol. The number of fused-ring (bicyclic) bond motifs is 5. The van der Waals surface area contributed by atoms with E-state index in [-0.39, 0.29) is 5.97 Å². The van der Waals surface area contributed by atoms with Crippen LogP contribution in [-0.2, 0) is 17.7 Å². The molecule has 0 fully saturated rings. The highest BCUT2D eigenvalue weighted by Crippen LogP contribution is 2.33. The van der Waals surface area contributed by atoms with Gasteiger partial charge in [0.05, 0.1) is 23.2 Å². The number of carbonyl (C=O) groups is 1. The molecule has 1 aliphatic heterocycles. The number of halogens is 1. The van der Waals surface area contributed by atoms with Crippen molar-refractivity contribution in [3.05, 3.63) is 70.5 Å². The standard InChI is InChI=1S/C23H20ClN3O2/c1-2-29-23(28)14-3-6-16(7-4-14)27-10-9-20-19(13-27)18-12-25-21-11-15(24)5-8-17(21)22(18)26-20/h3-8,11-12,26H,2,9-10,13H2,1H3. The summed E-state index contributed by atoms with van der Waals surface area (Å²) in [6, 6.07) is 13.5. The quantitative estimate of drug-likeness (QED) is 0.481. The van der Waals surface area contributed by atoms with Gasteiger partial charge in [-0.25, -0.2) is 4.79 Å². The van der Waals surface area contributed by atoms with Crippen molar-refractivity contribution in [3.63, 3.8) is 0 Å². The van der Waals surface area contributed by atoms with Crippen LogP contribution in [0.25, 0.3) is 21.8 Å². The second kappa shape index (κ2) is 7.08. The summed E-state index contributed by atoms with van der Waals surface area (Å²) in [6.45, 7) is 3.90. The molecular formula is C23H20ClN3O2. The molecule has 1 aliphatic rings. The number of H-pyrrole nitrogens is 1. The molecule has 5 nitrogen and oxygen atoms in total. The molecule has 0 amide bonds. The van der Waals surface area contributed by atoms with Crippen LogP contribution in [0, 0.1) is 0 Å². The minimum absolute atomic E-state index is 0.283. The molecule has 0 atom stereocenters. The highest BCUT2D eigenvalue weighted by atomic mass is 35.5. The van der Waals surface area contributed by atoms with Crippen molar-refractivity contribution in [2.45, 2.75) is 19.9 Å². The summed E-state index contributed by atoms with van der Waals surface area (Å²) in [4.78, 5) is 22.5. The highest BCUT2D eigenvalue weighted by molar-refractivity contribution is 6.31. The van der Waals surface area contributed by atoms with E-state index in [0.29, 0.717) is 17.2 Å². The molecule has 2 aromatic heterocycles. The third kappa shape index (κ3) is 3.12. The molecule has 2 aromatic carbocycles. The maximum atomic E-state index is 11.9. The molecule has 0 unspecified atom stereocenters. The molecule has 0 spiro atoms. The van der Waals surface area contributed by atoms with Crippen LogP contribution < -0.4 is 4.90 Å². The predicted molar refractivity (Wildman–Crippen MR) is 116 cm³/mol. The molecule has 3 heterocycles. The van der Waals surface area contributed by atoms with Gasteiger partial charge in [0.25, 0.3) is 0 Å². The number of hydrogen-bond acceptors (Lipinski definition) is 4. The first-order valence-corrected chi connectivity index (χ1v) is 10.1. The lowest BCUT2D eigenvalue weighted by molar-refractivity contribution is 0.0526. The van der Waals surface area contributed by atoms with Gasteiger partial charge in [0.15, 0.2) is 0 Å². The van der Waals surface area contributed by atoms with E-state index in [1.54, 1.807) is 0 Å². The van der Waals surface area contributed by atoms with Crippen molar-refractivity contribution in [1.82, 2.24) is 9.97 Å². The number of ether oxygens (including phenoxy) is 1. The Balaban J connectivity index is 1.48. The smallest absolute Gasteiger partial charge is 0.338 e. The lowest BCUT2D eigenvalue weighted by Crippen LogP contribution is -2.30. The topological polar surface area (TPSA) is 58.2 Å². The van der Waals surface area contributed by atoms with Gasteiger partial charge in [0, 0.05) is 58.4 Å². The Hall–Kier alpha value is -3.05. The van der Waals surface area contributed by atoms with Crippen LogP contribution in [0.15, 0.2) is 48.7 Å². The van der Waals surface area contributed by atoms with Crippen LogP contribution in [0.1, 0.15) is 28.5 Å². The first kappa shape index (κ1) is 18.0. The molecule has 4 aromatic rings. The zero-order chi connectivity index (χ0) is 20.0. The number of carbonyl (C=O) groups excluding carboxylic acids is 1. The molecule has 146 valence electrons. The summed E-state index contributed by atoms with van der Waals surface area (Å²) >= 11 is 6.12. The van der Waals surface area contributed by atoms with Crippen molar-refractivity contribution in [1.29, 1.82) is 0 Å². The van der Waals surface area contributed by atoms with Crippen LogP contribution in [0.5, 0.6) is 0 Å². The van der Waals surface area contributed by atoms with Gasteiger partial charge in [-0.3, -0.25) is 4.98 Å². The Morgan fingerprint density at radius 2 is 2.03 bits per heavy atom. The van der Waals surface area contributed by atoms with Crippen LogP contribution in [0.4, 0.5) is 5.69 Å². The Labute approximate surface area is 173 Å². The van der Waals surface area contributed by atoms with Gasteiger partial charge in [-0.1, -0.05) is 11.6 Å². The number of aromatic amines is 1. The fraction of sp³-hybridized carbons (Fsp3) is 0.217. The van der Waals surface area contributed by atoms with E-state index in [4.69, 9.17) is 16.3 Å². The van der Waals surface area contributed by atoms with E-state index < -0.39 is 0 Å². The number of hydrogen-bond donors (Lipinski definition) is 1. The summed E-state index contributed by atoms with van der Waals surface area (Å²) in [5.74, 6) is -0.283. The second-order valence-corrected chi connectivity index (χ2v) is 7.67. The number of pyridine rings is 1. The van der Waals surface area contributed by atoms with Crippen LogP contribution in [0.2, 0.25) is 5.02 Å². The van der Waals surface area contributed by atoms with E-state index in [1.807, 2.05) is 55.6 Å². The fourth-order valence-corrected chi connectivity index (χ4v) is 4.24. The second-order valence-electron chi connectivity index (χ2n) is 7.23. The summed E-state index contributed by atoms with van der Waals surface area (Å²) in [6.07, 6.45) is 2.87. The summed E-state index contributed by atoms with van der Waals surface area (Å²) in [7, 11) is 0. The molecule has 0 bridgehead atoms. The molecule has 6 heteroatoms. The third-order valence-electron chi connectivity index (χ3n) is 5.52. The first-order chi connectivity index (χ1) is 14.1. The van der Waals surface area contributed by atoms with Crippen molar-refractivity contribution >= 4 is 45.1 Å². The normalized spacial score (nSPS) is 13.7. The zero-order valence-corrected chi connectivity index (χ0v) is 16.8. The van der Waals surface area contributed by atoms with Crippen LogP contribution in [0.3, 0.4) is 0 Å². The predicted octanol–water partition coefficient (Wildman–Crippen LogP) is 5.11. The van der Waals surface area contributed by atoms with Gasteiger partial charge >= 0.3 is 5.97 Å². The molecule has 0 aliphatic carbocycles. The summed E-state index contributed by atoms with van der Waals surface area (Å²) < 4.78 is 5.07. The van der Waals surface area contributed by atoms with Gasteiger partial charge in [-0.15, -0.1) is 0 Å². The van der Waals surface area contributed by atoms with Gasteiger partial charge in [0.1, 0.15) is 0 Å². The van der Waals surface area contributed by atoms with Gasteiger partial charge in [-0.2, -0.15) is 0 Å². The molecule has 5 rings (SSSR count). The number of nitrogens with zero attached hydrogens (tertiary/aromatic N) is 2. The van der Waals surface area contributed by atoms with Gasteiger partial charge < -0.3 is 14.6 Å². The van der Waals surface area contributed by atoms with E-state index >= 15 is 0 Å². The molecule has 0 saturated heterocycles. The highest BCUT2D eigenvalue weighted by Gasteiger charge is 2.22. The van der Waals surface area contributed by atoms with Crippen molar-refractivity contribution in [2.24, 2.45) is 0 Å². The van der Waals surface area contributed by atoms with Gasteiger partial charge in [-0.05, 0) is 49.4 Å².